The molecule has 0 aromatic heterocycles. The van der Waals surface area contributed by atoms with E-state index >= 15 is 0 Å². The summed E-state index contributed by atoms with van der Waals surface area (Å²) in [5, 5.41) is 2.15. The smallest absolute Gasteiger partial charge is 0.225 e. The van der Waals surface area contributed by atoms with Gasteiger partial charge in [-0.15, -0.1) is 0 Å². The van der Waals surface area contributed by atoms with E-state index in [1.54, 1.807) is 0 Å². The number of rotatable bonds is 6. The Morgan fingerprint density at radius 3 is 2.40 bits per heavy atom. The van der Waals surface area contributed by atoms with Gasteiger partial charge in [0.25, 0.3) is 0 Å². The normalized spacial score (nSPS) is 11.2. The minimum atomic E-state index is -3.80. The van der Waals surface area contributed by atoms with E-state index in [0.29, 0.717) is 5.75 Å². The molecule has 0 aliphatic rings. The van der Waals surface area contributed by atoms with Crippen LogP contribution in [-0.2, 0) is 14.6 Å². The van der Waals surface area contributed by atoms with Crippen LogP contribution in [0.5, 0.6) is 5.75 Å². The van der Waals surface area contributed by atoms with Crippen LogP contribution in [-0.4, -0.2) is 27.2 Å². The van der Waals surface area contributed by atoms with E-state index in [1.165, 1.54) is 25.3 Å². The third-order valence-electron chi connectivity index (χ3n) is 3.31. The molecule has 0 saturated carbocycles. The molecular formula is C16H14ClF2NO4S. The van der Waals surface area contributed by atoms with Gasteiger partial charge >= 0.3 is 0 Å². The van der Waals surface area contributed by atoms with E-state index in [2.05, 4.69) is 0 Å². The SMILES string of the molecule is COc1ccc(S(=O)(=O)CCC(=O)Nc2c(F)cccc2F)cc1Cl. The topological polar surface area (TPSA) is 72.5 Å². The van der Waals surface area contributed by atoms with E-state index in [9.17, 15) is 22.0 Å². The first-order valence-electron chi connectivity index (χ1n) is 7.05. The Labute approximate surface area is 148 Å². The van der Waals surface area contributed by atoms with Gasteiger partial charge in [-0.1, -0.05) is 17.7 Å². The van der Waals surface area contributed by atoms with Crippen LogP contribution in [0.15, 0.2) is 41.3 Å². The Morgan fingerprint density at radius 1 is 1.20 bits per heavy atom. The van der Waals surface area contributed by atoms with Crippen LogP contribution in [0.1, 0.15) is 6.42 Å². The third-order valence-corrected chi connectivity index (χ3v) is 5.32. The summed E-state index contributed by atoms with van der Waals surface area (Å²) in [6, 6.07) is 7.02. The number of anilines is 1. The summed E-state index contributed by atoms with van der Waals surface area (Å²) in [5.41, 5.74) is -0.614. The Kier molecular flexibility index (Phi) is 5.97. The molecule has 1 amide bonds. The Hall–Kier alpha value is -2.19. The molecule has 0 fully saturated rings. The summed E-state index contributed by atoms with van der Waals surface area (Å²) >= 11 is 5.89. The fourth-order valence-corrected chi connectivity index (χ4v) is 3.59. The highest BCUT2D eigenvalue weighted by Gasteiger charge is 2.19. The Morgan fingerprint density at radius 2 is 1.84 bits per heavy atom. The average Bonchev–Trinajstić information content (AvgIpc) is 2.56. The second kappa shape index (κ2) is 7.79. The Balaban J connectivity index is 2.07. The second-order valence-electron chi connectivity index (χ2n) is 5.01. The first-order valence-corrected chi connectivity index (χ1v) is 9.08. The molecule has 9 heteroatoms. The molecule has 0 unspecified atom stereocenters. The fraction of sp³-hybridized carbons (Fsp3) is 0.188. The molecular weight excluding hydrogens is 376 g/mol. The van der Waals surface area contributed by atoms with Crippen LogP contribution in [0.25, 0.3) is 0 Å². The lowest BCUT2D eigenvalue weighted by molar-refractivity contribution is -0.115. The summed E-state index contributed by atoms with van der Waals surface area (Å²) in [5.74, 6) is -2.95. The lowest BCUT2D eigenvalue weighted by atomic mass is 10.3. The van der Waals surface area contributed by atoms with Gasteiger partial charge in [0.2, 0.25) is 5.91 Å². The molecule has 0 aliphatic heterocycles. The molecule has 0 heterocycles. The van der Waals surface area contributed by atoms with Crippen LogP contribution in [0.4, 0.5) is 14.5 Å². The standard InChI is InChI=1S/C16H14ClF2NO4S/c1-24-14-6-5-10(9-11(14)17)25(22,23)8-7-15(21)20-16-12(18)3-2-4-13(16)19/h2-6,9H,7-8H2,1H3,(H,20,21). The number of hydrogen-bond donors (Lipinski definition) is 1. The summed E-state index contributed by atoms with van der Waals surface area (Å²) in [6.07, 6.45) is -0.472. The highest BCUT2D eigenvalue weighted by molar-refractivity contribution is 7.91. The first kappa shape index (κ1) is 19.1. The van der Waals surface area contributed by atoms with Crippen molar-refractivity contribution >= 4 is 33.0 Å². The molecule has 1 N–H and O–H groups in total. The molecule has 2 aromatic rings. The van der Waals surface area contributed by atoms with Crippen molar-refractivity contribution < 1.29 is 26.7 Å². The van der Waals surface area contributed by atoms with Gasteiger partial charge in [0.05, 0.1) is 22.8 Å². The molecule has 134 valence electrons. The van der Waals surface area contributed by atoms with E-state index in [-0.39, 0.29) is 9.92 Å². The van der Waals surface area contributed by atoms with Crippen molar-refractivity contribution in [3.63, 3.8) is 0 Å². The zero-order chi connectivity index (χ0) is 18.6. The number of ether oxygens (including phenoxy) is 1. The molecule has 0 spiro atoms. The van der Waals surface area contributed by atoms with Crippen molar-refractivity contribution in [2.24, 2.45) is 0 Å². The van der Waals surface area contributed by atoms with Gasteiger partial charge in [0.1, 0.15) is 23.1 Å². The van der Waals surface area contributed by atoms with Crippen molar-refractivity contribution in [2.45, 2.75) is 11.3 Å². The molecule has 2 aromatic carbocycles. The molecule has 0 bridgehead atoms. The van der Waals surface area contributed by atoms with Gasteiger partial charge in [-0.3, -0.25) is 4.79 Å². The number of hydrogen-bond acceptors (Lipinski definition) is 4. The van der Waals surface area contributed by atoms with Gasteiger partial charge in [-0.2, -0.15) is 0 Å². The number of carbonyl (C=O) groups is 1. The lowest BCUT2D eigenvalue weighted by Crippen LogP contribution is -2.18. The van der Waals surface area contributed by atoms with Gasteiger partial charge in [0, 0.05) is 6.42 Å². The van der Waals surface area contributed by atoms with Gasteiger partial charge in [-0.05, 0) is 30.3 Å². The number of sulfone groups is 1. The number of halogens is 3. The summed E-state index contributed by atoms with van der Waals surface area (Å²) in [4.78, 5) is 11.7. The molecule has 0 atom stereocenters. The number of benzene rings is 2. The second-order valence-corrected chi connectivity index (χ2v) is 7.53. The molecule has 0 aliphatic carbocycles. The monoisotopic (exact) mass is 389 g/mol. The number of nitrogens with one attached hydrogen (secondary N) is 1. The minimum absolute atomic E-state index is 0.0804. The van der Waals surface area contributed by atoms with Crippen LogP contribution >= 0.6 is 11.6 Å². The fourth-order valence-electron chi connectivity index (χ4n) is 2.00. The molecule has 5 nitrogen and oxygen atoms in total. The maximum atomic E-state index is 13.5. The maximum Gasteiger partial charge on any atom is 0.225 e. The predicted octanol–water partition coefficient (Wildman–Crippen LogP) is 3.43. The third kappa shape index (κ3) is 4.67. The number of carbonyl (C=O) groups excluding carboxylic acids is 1. The van der Waals surface area contributed by atoms with Gasteiger partial charge < -0.3 is 10.1 Å². The lowest BCUT2D eigenvalue weighted by Gasteiger charge is -2.09. The molecule has 2 rings (SSSR count). The quantitative estimate of drug-likeness (QED) is 0.821. The number of methoxy groups -OCH3 is 1. The predicted molar refractivity (Wildman–Crippen MR) is 89.7 cm³/mol. The van der Waals surface area contributed by atoms with Crippen LogP contribution in [0.2, 0.25) is 5.02 Å². The largest absolute Gasteiger partial charge is 0.495 e. The van der Waals surface area contributed by atoms with E-state index < -0.39 is 45.2 Å². The molecule has 0 radical (unpaired) electrons. The zero-order valence-electron chi connectivity index (χ0n) is 13.1. The van der Waals surface area contributed by atoms with E-state index in [0.717, 1.165) is 18.2 Å². The first-order chi connectivity index (χ1) is 11.7. The summed E-state index contributed by atoms with van der Waals surface area (Å²) in [6.45, 7) is 0. The maximum absolute atomic E-state index is 13.5. The summed E-state index contributed by atoms with van der Waals surface area (Å²) < 4.78 is 56.4. The van der Waals surface area contributed by atoms with Crippen molar-refractivity contribution in [1.29, 1.82) is 0 Å². The van der Waals surface area contributed by atoms with Gasteiger partial charge in [-0.25, -0.2) is 17.2 Å². The molecule has 0 saturated heterocycles. The average molecular weight is 390 g/mol. The van der Waals surface area contributed by atoms with Crippen molar-refractivity contribution in [3.8, 4) is 5.75 Å². The molecule has 25 heavy (non-hydrogen) atoms. The van der Waals surface area contributed by atoms with E-state index in [1.807, 2.05) is 5.32 Å². The minimum Gasteiger partial charge on any atom is -0.495 e. The highest BCUT2D eigenvalue weighted by Crippen LogP contribution is 2.27. The van der Waals surface area contributed by atoms with Crippen molar-refractivity contribution in [1.82, 2.24) is 0 Å². The summed E-state index contributed by atoms with van der Waals surface area (Å²) in [7, 11) is -2.41. The van der Waals surface area contributed by atoms with Crippen molar-refractivity contribution in [3.05, 3.63) is 53.1 Å². The zero-order valence-corrected chi connectivity index (χ0v) is 14.6. The van der Waals surface area contributed by atoms with Crippen molar-refractivity contribution in [2.75, 3.05) is 18.2 Å². The number of amides is 1. The van der Waals surface area contributed by atoms with Crippen LogP contribution in [0, 0.1) is 11.6 Å². The van der Waals surface area contributed by atoms with Crippen LogP contribution < -0.4 is 10.1 Å². The van der Waals surface area contributed by atoms with Crippen LogP contribution in [0.3, 0.4) is 0 Å². The van der Waals surface area contributed by atoms with E-state index in [4.69, 9.17) is 16.3 Å². The van der Waals surface area contributed by atoms with Gasteiger partial charge in [0.15, 0.2) is 9.84 Å². The highest BCUT2D eigenvalue weighted by atomic mass is 35.5. The Bertz CT molecular complexity index is 883. The number of para-hydroxylation sites is 1.